The third-order valence-electron chi connectivity index (χ3n) is 2.65. The predicted octanol–water partition coefficient (Wildman–Crippen LogP) is 1.07. The van der Waals surface area contributed by atoms with Gasteiger partial charge in [-0.15, -0.1) is 0 Å². The number of hydrogen-bond acceptors (Lipinski definition) is 4. The normalized spacial score (nSPS) is 11.9. The maximum Gasteiger partial charge on any atom is 0.237 e. The molecule has 3 N–H and O–H groups in total. The monoisotopic (exact) mass is 266 g/mol. The van der Waals surface area contributed by atoms with Crippen LogP contribution < -0.4 is 15.8 Å². The van der Waals surface area contributed by atoms with Crippen LogP contribution in [0, 0.1) is 0 Å². The zero-order chi connectivity index (χ0) is 14.1. The predicted molar refractivity (Wildman–Crippen MR) is 73.9 cm³/mol. The molecule has 0 aliphatic rings. The molecule has 1 amide bonds. The van der Waals surface area contributed by atoms with Crippen LogP contribution in [0.3, 0.4) is 0 Å². The Bertz CT molecular complexity index is 396. The fourth-order valence-electron chi connectivity index (χ4n) is 1.61. The van der Waals surface area contributed by atoms with Crippen LogP contribution in [0.4, 0.5) is 0 Å². The molecule has 5 nitrogen and oxygen atoms in total. The molecule has 0 saturated carbocycles. The van der Waals surface area contributed by atoms with Gasteiger partial charge in [0, 0.05) is 20.3 Å². The second-order valence-electron chi connectivity index (χ2n) is 4.19. The first kappa shape index (κ1) is 15.5. The quantitative estimate of drug-likeness (QED) is 0.738. The van der Waals surface area contributed by atoms with Crippen molar-refractivity contribution in [1.82, 2.24) is 5.32 Å². The number of carbonyl (C=O) groups is 1. The molecule has 1 aromatic rings. The van der Waals surface area contributed by atoms with Gasteiger partial charge in [-0.2, -0.15) is 0 Å². The summed E-state index contributed by atoms with van der Waals surface area (Å²) in [6.07, 6.45) is 0.515. The Morgan fingerprint density at radius 3 is 2.95 bits per heavy atom. The molecule has 1 unspecified atom stereocenters. The molecule has 0 saturated heterocycles. The number of rotatable bonds is 8. The lowest BCUT2D eigenvalue weighted by Crippen LogP contribution is -2.40. The number of methoxy groups -OCH3 is 1. The first-order chi connectivity index (χ1) is 9.17. The van der Waals surface area contributed by atoms with Crippen LogP contribution in [-0.2, 0) is 16.1 Å². The van der Waals surface area contributed by atoms with Crippen LogP contribution in [0.25, 0.3) is 0 Å². The Hall–Kier alpha value is -1.59. The first-order valence-electron chi connectivity index (χ1n) is 6.41. The largest absolute Gasteiger partial charge is 0.494 e. The fraction of sp³-hybridized carbons (Fsp3) is 0.500. The number of hydrogen-bond donors (Lipinski definition) is 2. The van der Waals surface area contributed by atoms with E-state index in [-0.39, 0.29) is 5.91 Å². The molecule has 1 rings (SSSR count). The number of amides is 1. The number of nitrogens with two attached hydrogens (primary N) is 1. The van der Waals surface area contributed by atoms with E-state index in [4.69, 9.17) is 15.2 Å². The second kappa shape index (κ2) is 8.50. The second-order valence-corrected chi connectivity index (χ2v) is 4.19. The summed E-state index contributed by atoms with van der Waals surface area (Å²) in [6.45, 7) is 3.48. The van der Waals surface area contributed by atoms with E-state index in [1.807, 2.05) is 31.2 Å². The molecule has 1 aromatic carbocycles. The van der Waals surface area contributed by atoms with E-state index in [9.17, 15) is 4.79 Å². The minimum atomic E-state index is -0.532. The summed E-state index contributed by atoms with van der Waals surface area (Å²) in [5, 5.41) is 2.80. The Kier molecular flexibility index (Phi) is 6.92. The molecular weight excluding hydrogens is 244 g/mol. The fourth-order valence-corrected chi connectivity index (χ4v) is 1.61. The molecule has 5 heteroatoms. The van der Waals surface area contributed by atoms with E-state index < -0.39 is 6.04 Å². The first-order valence-corrected chi connectivity index (χ1v) is 6.41. The van der Waals surface area contributed by atoms with Gasteiger partial charge in [0.15, 0.2) is 0 Å². The standard InChI is InChI=1S/C14H22N2O3/c1-3-19-12-6-4-5-11(9-12)10-16-14(17)13(15)7-8-18-2/h4-6,9,13H,3,7-8,10,15H2,1-2H3,(H,16,17). The minimum absolute atomic E-state index is 0.168. The van der Waals surface area contributed by atoms with Crippen molar-refractivity contribution < 1.29 is 14.3 Å². The van der Waals surface area contributed by atoms with Crippen molar-refractivity contribution in [3.63, 3.8) is 0 Å². The highest BCUT2D eigenvalue weighted by Gasteiger charge is 2.12. The number of nitrogens with one attached hydrogen (secondary N) is 1. The molecular formula is C14H22N2O3. The highest BCUT2D eigenvalue weighted by molar-refractivity contribution is 5.81. The summed E-state index contributed by atoms with van der Waals surface area (Å²) in [6, 6.07) is 7.10. The van der Waals surface area contributed by atoms with Crippen molar-refractivity contribution in [2.24, 2.45) is 5.73 Å². The molecule has 106 valence electrons. The van der Waals surface area contributed by atoms with Gasteiger partial charge in [-0.05, 0) is 31.0 Å². The highest BCUT2D eigenvalue weighted by atomic mass is 16.5. The summed E-state index contributed by atoms with van der Waals surface area (Å²) in [5.74, 6) is 0.636. The average molecular weight is 266 g/mol. The van der Waals surface area contributed by atoms with Crippen LogP contribution >= 0.6 is 0 Å². The Morgan fingerprint density at radius 1 is 1.47 bits per heavy atom. The van der Waals surface area contributed by atoms with Crippen LogP contribution in [0.2, 0.25) is 0 Å². The Balaban J connectivity index is 2.43. The lowest BCUT2D eigenvalue weighted by atomic mass is 10.2. The molecule has 0 fully saturated rings. The molecule has 0 aliphatic carbocycles. The molecule has 0 spiro atoms. The summed E-state index contributed by atoms with van der Waals surface area (Å²) < 4.78 is 10.3. The molecule has 0 bridgehead atoms. The molecule has 0 radical (unpaired) electrons. The topological polar surface area (TPSA) is 73.6 Å². The summed E-state index contributed by atoms with van der Waals surface area (Å²) >= 11 is 0. The van der Waals surface area contributed by atoms with Crippen molar-refractivity contribution in [2.45, 2.75) is 25.9 Å². The third kappa shape index (κ3) is 5.72. The van der Waals surface area contributed by atoms with Crippen molar-refractivity contribution in [1.29, 1.82) is 0 Å². The highest BCUT2D eigenvalue weighted by Crippen LogP contribution is 2.12. The Morgan fingerprint density at radius 2 is 2.26 bits per heavy atom. The SMILES string of the molecule is CCOc1cccc(CNC(=O)C(N)CCOC)c1. The van der Waals surface area contributed by atoms with Crippen LogP contribution in [0.1, 0.15) is 18.9 Å². The number of ether oxygens (including phenoxy) is 2. The maximum absolute atomic E-state index is 11.7. The molecule has 0 aliphatic heterocycles. The van der Waals surface area contributed by atoms with Crippen LogP contribution in [0.15, 0.2) is 24.3 Å². The van der Waals surface area contributed by atoms with Crippen molar-refractivity contribution >= 4 is 5.91 Å². The van der Waals surface area contributed by atoms with E-state index >= 15 is 0 Å². The van der Waals surface area contributed by atoms with Gasteiger partial charge in [0.2, 0.25) is 5.91 Å². The van der Waals surface area contributed by atoms with Gasteiger partial charge in [-0.25, -0.2) is 0 Å². The zero-order valence-electron chi connectivity index (χ0n) is 11.5. The van der Waals surface area contributed by atoms with Gasteiger partial charge < -0.3 is 20.5 Å². The summed E-state index contributed by atoms with van der Waals surface area (Å²) in [5.41, 5.74) is 6.71. The van der Waals surface area contributed by atoms with E-state index in [1.165, 1.54) is 0 Å². The van der Waals surface area contributed by atoms with E-state index in [2.05, 4.69) is 5.32 Å². The van der Waals surface area contributed by atoms with Gasteiger partial charge in [0.1, 0.15) is 5.75 Å². The van der Waals surface area contributed by atoms with Crippen molar-refractivity contribution in [3.05, 3.63) is 29.8 Å². The van der Waals surface area contributed by atoms with Crippen molar-refractivity contribution in [2.75, 3.05) is 20.3 Å². The zero-order valence-corrected chi connectivity index (χ0v) is 11.5. The van der Waals surface area contributed by atoms with Gasteiger partial charge in [-0.3, -0.25) is 4.79 Å². The summed E-state index contributed by atoms with van der Waals surface area (Å²) in [7, 11) is 1.59. The van der Waals surface area contributed by atoms with E-state index in [0.29, 0.717) is 26.2 Å². The lowest BCUT2D eigenvalue weighted by Gasteiger charge is -2.12. The van der Waals surface area contributed by atoms with Gasteiger partial charge >= 0.3 is 0 Å². The van der Waals surface area contributed by atoms with Crippen LogP contribution in [-0.4, -0.2) is 32.3 Å². The van der Waals surface area contributed by atoms with Gasteiger partial charge in [0.05, 0.1) is 12.6 Å². The van der Waals surface area contributed by atoms with Gasteiger partial charge in [-0.1, -0.05) is 12.1 Å². The molecule has 0 aromatic heterocycles. The molecule has 0 heterocycles. The number of carbonyl (C=O) groups excluding carboxylic acids is 1. The van der Waals surface area contributed by atoms with Crippen LogP contribution in [0.5, 0.6) is 5.75 Å². The maximum atomic E-state index is 11.7. The number of benzene rings is 1. The summed E-state index contributed by atoms with van der Waals surface area (Å²) in [4.78, 5) is 11.7. The lowest BCUT2D eigenvalue weighted by molar-refractivity contribution is -0.122. The van der Waals surface area contributed by atoms with E-state index in [1.54, 1.807) is 7.11 Å². The molecule has 19 heavy (non-hydrogen) atoms. The minimum Gasteiger partial charge on any atom is -0.494 e. The smallest absolute Gasteiger partial charge is 0.237 e. The Labute approximate surface area is 114 Å². The third-order valence-corrected chi connectivity index (χ3v) is 2.65. The van der Waals surface area contributed by atoms with Crippen molar-refractivity contribution in [3.8, 4) is 5.75 Å². The molecule has 1 atom stereocenters. The van der Waals surface area contributed by atoms with E-state index in [0.717, 1.165) is 11.3 Å². The van der Waals surface area contributed by atoms with Gasteiger partial charge in [0.25, 0.3) is 0 Å². The average Bonchev–Trinajstić information content (AvgIpc) is 2.43.